The van der Waals surface area contributed by atoms with E-state index < -0.39 is 0 Å². The van der Waals surface area contributed by atoms with E-state index in [1.165, 1.54) is 0 Å². The third kappa shape index (κ3) is 4.55. The number of nitrogens with one attached hydrogen (secondary N) is 1. The number of carbonyl (C=O) groups is 1. The first kappa shape index (κ1) is 16.0. The Kier molecular flexibility index (Phi) is 6.53. The van der Waals surface area contributed by atoms with Crippen LogP contribution >= 0.6 is 12.4 Å². The second kappa shape index (κ2) is 8.17. The van der Waals surface area contributed by atoms with E-state index >= 15 is 0 Å². The second-order valence-electron chi connectivity index (χ2n) is 4.10. The number of carbonyl (C=O) groups excluding carboxylic acids is 1. The van der Waals surface area contributed by atoms with Gasteiger partial charge in [0.1, 0.15) is 5.75 Å². The molecule has 1 amide bonds. The zero-order valence-corrected chi connectivity index (χ0v) is 12.0. The number of methoxy groups -OCH3 is 1. The van der Waals surface area contributed by atoms with Crippen LogP contribution in [0.25, 0.3) is 0 Å². The molecule has 2 rings (SSSR count). The van der Waals surface area contributed by atoms with Crippen molar-refractivity contribution in [3.05, 3.63) is 59.9 Å². The summed E-state index contributed by atoms with van der Waals surface area (Å²) in [6, 6.07) is 11.3. The molecule has 0 fully saturated rings. The maximum Gasteiger partial charge on any atom is 0.252 e. The molecular formula is C15H17ClN2O2. The summed E-state index contributed by atoms with van der Waals surface area (Å²) in [4.78, 5) is 15.7. The minimum Gasteiger partial charge on any atom is -0.497 e. The fraction of sp³-hybridized carbons (Fsp3) is 0.200. The van der Waals surface area contributed by atoms with Gasteiger partial charge in [-0.15, -0.1) is 12.4 Å². The molecule has 4 nitrogen and oxygen atoms in total. The van der Waals surface area contributed by atoms with Crippen LogP contribution in [0.2, 0.25) is 0 Å². The fourth-order valence-corrected chi connectivity index (χ4v) is 1.75. The lowest BCUT2D eigenvalue weighted by atomic mass is 10.1. The van der Waals surface area contributed by atoms with E-state index in [0.717, 1.165) is 17.7 Å². The highest BCUT2D eigenvalue weighted by Crippen LogP contribution is 2.12. The van der Waals surface area contributed by atoms with Crippen LogP contribution in [-0.2, 0) is 6.42 Å². The summed E-state index contributed by atoms with van der Waals surface area (Å²) < 4.78 is 5.16. The lowest BCUT2D eigenvalue weighted by Gasteiger charge is -2.06. The Morgan fingerprint density at radius 1 is 1.30 bits per heavy atom. The molecule has 106 valence electrons. The first-order chi connectivity index (χ1) is 9.29. The summed E-state index contributed by atoms with van der Waals surface area (Å²) in [5, 5.41) is 2.87. The van der Waals surface area contributed by atoms with Crippen LogP contribution in [0.15, 0.2) is 48.8 Å². The maximum atomic E-state index is 11.8. The number of nitrogens with zero attached hydrogens (tertiary/aromatic N) is 1. The van der Waals surface area contributed by atoms with Gasteiger partial charge in [-0.2, -0.15) is 0 Å². The monoisotopic (exact) mass is 292 g/mol. The Morgan fingerprint density at radius 3 is 2.85 bits per heavy atom. The molecule has 20 heavy (non-hydrogen) atoms. The van der Waals surface area contributed by atoms with Crippen LogP contribution in [0.1, 0.15) is 15.9 Å². The van der Waals surface area contributed by atoms with Crippen molar-refractivity contribution in [2.45, 2.75) is 6.42 Å². The van der Waals surface area contributed by atoms with Gasteiger partial charge in [-0.05, 0) is 36.2 Å². The average molecular weight is 293 g/mol. The Bertz CT molecular complexity index is 547. The van der Waals surface area contributed by atoms with Crippen molar-refractivity contribution < 1.29 is 9.53 Å². The minimum atomic E-state index is -0.101. The number of halogens is 1. The van der Waals surface area contributed by atoms with Crippen molar-refractivity contribution in [1.82, 2.24) is 10.3 Å². The number of hydrogen-bond acceptors (Lipinski definition) is 3. The molecule has 1 N–H and O–H groups in total. The third-order valence-corrected chi connectivity index (χ3v) is 2.76. The molecule has 0 aliphatic rings. The molecule has 2 aromatic rings. The number of hydrogen-bond donors (Lipinski definition) is 1. The molecule has 0 aliphatic heterocycles. The summed E-state index contributed by atoms with van der Waals surface area (Å²) in [6.45, 7) is 0.584. The van der Waals surface area contributed by atoms with Crippen LogP contribution in [0.5, 0.6) is 5.75 Å². The van der Waals surface area contributed by atoms with Gasteiger partial charge in [-0.3, -0.25) is 9.78 Å². The Balaban J connectivity index is 0.00000200. The van der Waals surface area contributed by atoms with Crippen molar-refractivity contribution >= 4 is 18.3 Å². The van der Waals surface area contributed by atoms with Gasteiger partial charge in [-0.1, -0.05) is 12.1 Å². The average Bonchev–Trinajstić information content (AvgIpc) is 2.48. The van der Waals surface area contributed by atoms with Gasteiger partial charge in [0.15, 0.2) is 0 Å². The van der Waals surface area contributed by atoms with Crippen molar-refractivity contribution in [3.8, 4) is 5.75 Å². The summed E-state index contributed by atoms with van der Waals surface area (Å²) in [5.41, 5.74) is 1.71. The predicted molar refractivity (Wildman–Crippen MR) is 80.5 cm³/mol. The van der Waals surface area contributed by atoms with Crippen LogP contribution in [0.4, 0.5) is 0 Å². The minimum absolute atomic E-state index is 0. The third-order valence-electron chi connectivity index (χ3n) is 2.76. The van der Waals surface area contributed by atoms with Crippen LogP contribution in [0, 0.1) is 0 Å². The van der Waals surface area contributed by atoms with E-state index in [0.29, 0.717) is 12.1 Å². The van der Waals surface area contributed by atoms with E-state index in [4.69, 9.17) is 4.74 Å². The van der Waals surface area contributed by atoms with E-state index in [2.05, 4.69) is 10.3 Å². The van der Waals surface area contributed by atoms with Gasteiger partial charge < -0.3 is 10.1 Å². The number of rotatable bonds is 5. The first-order valence-corrected chi connectivity index (χ1v) is 6.11. The number of amides is 1. The molecule has 1 aromatic heterocycles. The molecule has 0 saturated heterocycles. The number of ether oxygens (including phenoxy) is 1. The lowest BCUT2D eigenvalue weighted by Crippen LogP contribution is -2.25. The van der Waals surface area contributed by atoms with Gasteiger partial charge in [-0.25, -0.2) is 0 Å². The highest BCUT2D eigenvalue weighted by atomic mass is 35.5. The van der Waals surface area contributed by atoms with Crippen LogP contribution in [-0.4, -0.2) is 24.5 Å². The summed E-state index contributed by atoms with van der Waals surface area (Å²) in [5.74, 6) is 0.729. The molecular weight excluding hydrogens is 276 g/mol. The van der Waals surface area contributed by atoms with Crippen molar-refractivity contribution in [1.29, 1.82) is 0 Å². The molecule has 0 aliphatic carbocycles. The molecule has 0 spiro atoms. The van der Waals surface area contributed by atoms with Crippen molar-refractivity contribution in [2.75, 3.05) is 13.7 Å². The van der Waals surface area contributed by atoms with Crippen molar-refractivity contribution in [3.63, 3.8) is 0 Å². The quantitative estimate of drug-likeness (QED) is 0.921. The van der Waals surface area contributed by atoms with Gasteiger partial charge >= 0.3 is 0 Å². The summed E-state index contributed by atoms with van der Waals surface area (Å²) in [7, 11) is 1.64. The van der Waals surface area contributed by atoms with Crippen LogP contribution in [0.3, 0.4) is 0 Å². The zero-order chi connectivity index (χ0) is 13.5. The van der Waals surface area contributed by atoms with E-state index in [1.54, 1.807) is 31.6 Å². The zero-order valence-electron chi connectivity index (χ0n) is 11.2. The van der Waals surface area contributed by atoms with E-state index in [9.17, 15) is 4.79 Å². The van der Waals surface area contributed by atoms with Crippen LogP contribution < -0.4 is 10.1 Å². The standard InChI is InChI=1S/C15H16N2O2.ClH/c1-19-14-6-2-4-12(10-14)7-9-17-15(18)13-5-3-8-16-11-13;/h2-6,8,10-11H,7,9H2,1H3,(H,17,18);1H. The predicted octanol–water partition coefficient (Wildman–Crippen LogP) is 2.48. The van der Waals surface area contributed by atoms with Gasteiger partial charge in [0, 0.05) is 18.9 Å². The maximum absolute atomic E-state index is 11.8. The summed E-state index contributed by atoms with van der Waals surface area (Å²) >= 11 is 0. The molecule has 0 unspecified atom stereocenters. The Morgan fingerprint density at radius 2 is 2.15 bits per heavy atom. The molecule has 1 aromatic carbocycles. The van der Waals surface area contributed by atoms with Gasteiger partial charge in [0.05, 0.1) is 12.7 Å². The second-order valence-corrected chi connectivity index (χ2v) is 4.10. The van der Waals surface area contributed by atoms with Crippen molar-refractivity contribution in [2.24, 2.45) is 0 Å². The van der Waals surface area contributed by atoms with Gasteiger partial charge in [0.25, 0.3) is 5.91 Å². The lowest BCUT2D eigenvalue weighted by molar-refractivity contribution is 0.0954. The first-order valence-electron chi connectivity index (χ1n) is 6.11. The topological polar surface area (TPSA) is 51.2 Å². The Hall–Kier alpha value is -2.07. The largest absolute Gasteiger partial charge is 0.497 e. The summed E-state index contributed by atoms with van der Waals surface area (Å²) in [6.07, 6.45) is 3.97. The molecule has 0 saturated carbocycles. The Labute approximate surface area is 124 Å². The normalized spacial score (nSPS) is 9.45. The van der Waals surface area contributed by atoms with Gasteiger partial charge in [0.2, 0.25) is 0 Å². The number of aromatic nitrogens is 1. The molecule has 0 radical (unpaired) electrons. The van der Waals surface area contributed by atoms with E-state index in [-0.39, 0.29) is 18.3 Å². The highest BCUT2D eigenvalue weighted by molar-refractivity contribution is 5.93. The fourth-order valence-electron chi connectivity index (χ4n) is 1.75. The SMILES string of the molecule is COc1cccc(CCNC(=O)c2cccnc2)c1.Cl. The molecule has 0 bridgehead atoms. The molecule has 1 heterocycles. The molecule has 0 atom stereocenters. The van der Waals surface area contributed by atoms with E-state index in [1.807, 2.05) is 24.3 Å². The number of pyridine rings is 1. The molecule has 5 heteroatoms. The highest BCUT2D eigenvalue weighted by Gasteiger charge is 2.04. The smallest absolute Gasteiger partial charge is 0.252 e. The number of benzene rings is 1.